The molecule has 0 saturated heterocycles. The standard InChI is InChI=1S/C23H31N3O4/c1-17(2)11-13-30-21-9-7-19(8-10-21)25-16-22(27)26-20-6-4-5-18(15-20)23(28)24-12-14-29-3/h4-10,15,17,25H,11-14,16H2,1-3H3,(H,24,28)(H,26,27). The Bertz CT molecular complexity index is 806. The van der Waals surface area contributed by atoms with Gasteiger partial charge in [-0.05, 0) is 54.8 Å². The third-order valence-electron chi connectivity index (χ3n) is 4.27. The maximum atomic E-state index is 12.2. The summed E-state index contributed by atoms with van der Waals surface area (Å²) in [5, 5.41) is 8.62. The van der Waals surface area contributed by atoms with E-state index in [4.69, 9.17) is 9.47 Å². The summed E-state index contributed by atoms with van der Waals surface area (Å²) >= 11 is 0. The lowest BCUT2D eigenvalue weighted by Gasteiger charge is -2.11. The van der Waals surface area contributed by atoms with Gasteiger partial charge in [-0.2, -0.15) is 0 Å². The van der Waals surface area contributed by atoms with Crippen LogP contribution < -0.4 is 20.7 Å². The lowest BCUT2D eigenvalue weighted by molar-refractivity contribution is -0.114. The van der Waals surface area contributed by atoms with Crippen molar-refractivity contribution >= 4 is 23.2 Å². The minimum absolute atomic E-state index is 0.109. The zero-order valence-corrected chi connectivity index (χ0v) is 17.9. The molecule has 2 aromatic carbocycles. The molecule has 2 rings (SSSR count). The predicted octanol–water partition coefficient (Wildman–Crippen LogP) is 3.54. The summed E-state index contributed by atoms with van der Waals surface area (Å²) < 4.78 is 10.6. The van der Waals surface area contributed by atoms with Gasteiger partial charge in [-0.1, -0.05) is 19.9 Å². The number of ether oxygens (including phenoxy) is 2. The first-order valence-corrected chi connectivity index (χ1v) is 10.1. The molecule has 2 amide bonds. The van der Waals surface area contributed by atoms with Gasteiger partial charge in [-0.15, -0.1) is 0 Å². The number of anilines is 2. The highest BCUT2D eigenvalue weighted by atomic mass is 16.5. The highest BCUT2D eigenvalue weighted by molar-refractivity contribution is 5.98. The molecule has 0 unspecified atom stereocenters. The van der Waals surface area contributed by atoms with Crippen LogP contribution in [0.4, 0.5) is 11.4 Å². The number of amides is 2. The van der Waals surface area contributed by atoms with Crippen LogP contribution in [-0.2, 0) is 9.53 Å². The SMILES string of the molecule is COCCNC(=O)c1cccc(NC(=O)CNc2ccc(OCCC(C)C)cc2)c1. The van der Waals surface area contributed by atoms with Crippen LogP contribution in [0.15, 0.2) is 48.5 Å². The fourth-order valence-corrected chi connectivity index (χ4v) is 2.58. The molecule has 0 aromatic heterocycles. The van der Waals surface area contributed by atoms with Crippen LogP contribution in [0.3, 0.4) is 0 Å². The number of methoxy groups -OCH3 is 1. The molecule has 0 radical (unpaired) electrons. The zero-order chi connectivity index (χ0) is 21.8. The molecule has 0 aliphatic heterocycles. The number of rotatable bonds is 12. The molecular formula is C23H31N3O4. The van der Waals surface area contributed by atoms with Crippen molar-refractivity contribution in [3.8, 4) is 5.75 Å². The number of hydrogen-bond donors (Lipinski definition) is 3. The van der Waals surface area contributed by atoms with Crippen molar-refractivity contribution < 1.29 is 19.1 Å². The second-order valence-corrected chi connectivity index (χ2v) is 7.29. The Labute approximate surface area is 178 Å². The molecule has 3 N–H and O–H groups in total. The Morgan fingerprint density at radius 1 is 1.00 bits per heavy atom. The van der Waals surface area contributed by atoms with Crippen molar-refractivity contribution in [2.45, 2.75) is 20.3 Å². The van der Waals surface area contributed by atoms with E-state index in [0.29, 0.717) is 36.9 Å². The van der Waals surface area contributed by atoms with Gasteiger partial charge in [0, 0.05) is 30.6 Å². The number of carbonyl (C=O) groups excluding carboxylic acids is 2. The number of carbonyl (C=O) groups is 2. The molecule has 0 spiro atoms. The highest BCUT2D eigenvalue weighted by Gasteiger charge is 2.08. The Hall–Kier alpha value is -3.06. The summed E-state index contributed by atoms with van der Waals surface area (Å²) in [5.74, 6) is 1.00. The van der Waals surface area contributed by atoms with Crippen molar-refractivity contribution in [2.75, 3.05) is 44.0 Å². The van der Waals surface area contributed by atoms with Crippen molar-refractivity contribution in [3.05, 3.63) is 54.1 Å². The van der Waals surface area contributed by atoms with Crippen molar-refractivity contribution in [1.29, 1.82) is 0 Å². The molecule has 7 heteroatoms. The Kier molecular flexibility index (Phi) is 9.67. The van der Waals surface area contributed by atoms with Gasteiger partial charge in [-0.3, -0.25) is 9.59 Å². The van der Waals surface area contributed by atoms with Crippen LogP contribution in [0.2, 0.25) is 0 Å². The van der Waals surface area contributed by atoms with E-state index >= 15 is 0 Å². The second kappa shape index (κ2) is 12.5. The summed E-state index contributed by atoms with van der Waals surface area (Å²) in [6.45, 7) is 6.00. The normalized spacial score (nSPS) is 10.5. The van der Waals surface area contributed by atoms with Gasteiger partial charge in [0.15, 0.2) is 0 Å². The van der Waals surface area contributed by atoms with Gasteiger partial charge in [0.25, 0.3) is 5.91 Å². The van der Waals surface area contributed by atoms with Crippen molar-refractivity contribution in [2.24, 2.45) is 5.92 Å². The second-order valence-electron chi connectivity index (χ2n) is 7.29. The fraction of sp³-hybridized carbons (Fsp3) is 0.391. The van der Waals surface area contributed by atoms with E-state index < -0.39 is 0 Å². The van der Waals surface area contributed by atoms with Gasteiger partial charge < -0.3 is 25.4 Å². The van der Waals surface area contributed by atoms with E-state index in [2.05, 4.69) is 29.8 Å². The predicted molar refractivity (Wildman–Crippen MR) is 119 cm³/mol. The van der Waals surface area contributed by atoms with E-state index in [1.54, 1.807) is 31.4 Å². The summed E-state index contributed by atoms with van der Waals surface area (Å²) in [5.41, 5.74) is 1.87. The van der Waals surface area contributed by atoms with Gasteiger partial charge in [0.2, 0.25) is 5.91 Å². The monoisotopic (exact) mass is 413 g/mol. The smallest absolute Gasteiger partial charge is 0.251 e. The quantitative estimate of drug-likeness (QED) is 0.463. The van der Waals surface area contributed by atoms with Gasteiger partial charge in [0.1, 0.15) is 5.75 Å². The summed E-state index contributed by atoms with van der Waals surface area (Å²) in [6.07, 6.45) is 1.01. The average molecular weight is 414 g/mol. The highest BCUT2D eigenvalue weighted by Crippen LogP contribution is 2.16. The summed E-state index contributed by atoms with van der Waals surface area (Å²) in [7, 11) is 1.58. The minimum Gasteiger partial charge on any atom is -0.494 e. The van der Waals surface area contributed by atoms with Crippen LogP contribution >= 0.6 is 0 Å². The first-order valence-electron chi connectivity index (χ1n) is 10.1. The van der Waals surface area contributed by atoms with Crippen LogP contribution in [0.5, 0.6) is 5.75 Å². The largest absolute Gasteiger partial charge is 0.494 e. The number of benzene rings is 2. The molecule has 0 bridgehead atoms. The summed E-state index contributed by atoms with van der Waals surface area (Å²) in [4.78, 5) is 24.3. The Morgan fingerprint density at radius 3 is 2.47 bits per heavy atom. The maximum absolute atomic E-state index is 12.2. The minimum atomic E-state index is -0.211. The van der Waals surface area contributed by atoms with Crippen molar-refractivity contribution in [3.63, 3.8) is 0 Å². The molecular weight excluding hydrogens is 382 g/mol. The molecule has 2 aromatic rings. The average Bonchev–Trinajstić information content (AvgIpc) is 2.73. The first kappa shape index (κ1) is 23.2. The maximum Gasteiger partial charge on any atom is 0.251 e. The summed E-state index contributed by atoms with van der Waals surface area (Å²) in [6, 6.07) is 14.3. The van der Waals surface area contributed by atoms with E-state index in [0.717, 1.165) is 17.9 Å². The van der Waals surface area contributed by atoms with E-state index in [1.165, 1.54) is 0 Å². The van der Waals surface area contributed by atoms with E-state index in [9.17, 15) is 9.59 Å². The fourth-order valence-electron chi connectivity index (χ4n) is 2.58. The lowest BCUT2D eigenvalue weighted by atomic mass is 10.1. The molecule has 7 nitrogen and oxygen atoms in total. The van der Waals surface area contributed by atoms with E-state index in [-0.39, 0.29) is 18.4 Å². The van der Waals surface area contributed by atoms with Gasteiger partial charge in [0.05, 0.1) is 19.8 Å². The molecule has 30 heavy (non-hydrogen) atoms. The molecule has 0 fully saturated rings. The third kappa shape index (κ3) is 8.53. The van der Waals surface area contributed by atoms with Crippen LogP contribution in [-0.4, -0.2) is 45.2 Å². The van der Waals surface area contributed by atoms with Gasteiger partial charge in [-0.25, -0.2) is 0 Å². The Balaban J connectivity index is 1.79. The molecule has 0 atom stereocenters. The lowest BCUT2D eigenvalue weighted by Crippen LogP contribution is -2.27. The number of nitrogens with one attached hydrogen (secondary N) is 3. The van der Waals surface area contributed by atoms with Crippen LogP contribution in [0.1, 0.15) is 30.6 Å². The molecule has 0 saturated carbocycles. The molecule has 0 heterocycles. The van der Waals surface area contributed by atoms with Crippen LogP contribution in [0, 0.1) is 5.92 Å². The molecule has 162 valence electrons. The molecule has 0 aliphatic rings. The molecule has 0 aliphatic carbocycles. The first-order chi connectivity index (χ1) is 14.5. The zero-order valence-electron chi connectivity index (χ0n) is 17.9. The topological polar surface area (TPSA) is 88.7 Å². The van der Waals surface area contributed by atoms with E-state index in [1.807, 2.05) is 24.3 Å². The third-order valence-corrected chi connectivity index (χ3v) is 4.27. The van der Waals surface area contributed by atoms with Gasteiger partial charge >= 0.3 is 0 Å². The Morgan fingerprint density at radius 2 is 1.77 bits per heavy atom. The van der Waals surface area contributed by atoms with Crippen LogP contribution in [0.25, 0.3) is 0 Å². The van der Waals surface area contributed by atoms with Crippen molar-refractivity contribution in [1.82, 2.24) is 5.32 Å². The number of hydrogen-bond acceptors (Lipinski definition) is 5.